The van der Waals surface area contributed by atoms with Gasteiger partial charge in [0.05, 0.1) is 0 Å². The molecule has 3 nitrogen and oxygen atoms in total. The highest BCUT2D eigenvalue weighted by Gasteiger charge is 2.07. The van der Waals surface area contributed by atoms with Gasteiger partial charge in [-0.25, -0.2) is 0 Å². The molecule has 0 heterocycles. The Bertz CT molecular complexity index is 282. The fourth-order valence-corrected chi connectivity index (χ4v) is 0.968. The van der Waals surface area contributed by atoms with Gasteiger partial charge in [-0.2, -0.15) is 0 Å². The molecule has 0 aliphatic rings. The molecule has 14 heavy (non-hydrogen) atoms. The molecule has 1 atom stereocenters. The molecule has 0 aliphatic carbocycles. The number of Topliss-reactive ketones (excluding diaryl/α,β-unsaturated/α-hetero) is 1. The zero-order chi connectivity index (χ0) is 10.4. The van der Waals surface area contributed by atoms with Crippen LogP contribution >= 0.6 is 0 Å². The van der Waals surface area contributed by atoms with Crippen molar-refractivity contribution in [2.24, 2.45) is 0 Å². The number of methoxy groups -OCH3 is 1. The Hall–Kier alpha value is -1.19. The lowest BCUT2D eigenvalue weighted by atomic mass is 10.1. The first-order valence-corrected chi connectivity index (χ1v) is 4.46. The van der Waals surface area contributed by atoms with Crippen molar-refractivity contribution in [3.63, 3.8) is 0 Å². The van der Waals surface area contributed by atoms with E-state index in [2.05, 4.69) is 0 Å². The Morgan fingerprint density at radius 3 is 2.57 bits per heavy atom. The standard InChI is InChI=1S/C11H14O3/c1-9(13-2)14-8-11(12)10-6-4-3-5-7-10/h3-7,9H,8H2,1-2H3. The molecule has 0 saturated carbocycles. The zero-order valence-corrected chi connectivity index (χ0v) is 8.40. The monoisotopic (exact) mass is 194 g/mol. The highest BCUT2D eigenvalue weighted by atomic mass is 16.7. The van der Waals surface area contributed by atoms with E-state index < -0.39 is 0 Å². The number of carbonyl (C=O) groups excluding carboxylic acids is 1. The third-order valence-electron chi connectivity index (χ3n) is 1.88. The quantitative estimate of drug-likeness (QED) is 0.530. The van der Waals surface area contributed by atoms with Crippen LogP contribution in [0.4, 0.5) is 0 Å². The van der Waals surface area contributed by atoms with Crippen molar-refractivity contribution in [2.45, 2.75) is 13.2 Å². The number of carbonyl (C=O) groups is 1. The van der Waals surface area contributed by atoms with Crippen LogP contribution in [0.25, 0.3) is 0 Å². The minimum Gasteiger partial charge on any atom is -0.356 e. The van der Waals surface area contributed by atoms with Crippen molar-refractivity contribution in [3.05, 3.63) is 35.9 Å². The summed E-state index contributed by atoms with van der Waals surface area (Å²) >= 11 is 0. The fraction of sp³-hybridized carbons (Fsp3) is 0.364. The lowest BCUT2D eigenvalue weighted by Gasteiger charge is -2.09. The average molecular weight is 194 g/mol. The van der Waals surface area contributed by atoms with Crippen LogP contribution in [0.1, 0.15) is 17.3 Å². The van der Waals surface area contributed by atoms with E-state index in [4.69, 9.17) is 9.47 Å². The van der Waals surface area contributed by atoms with E-state index in [1.165, 1.54) is 7.11 Å². The summed E-state index contributed by atoms with van der Waals surface area (Å²) < 4.78 is 10.00. The maximum Gasteiger partial charge on any atom is 0.188 e. The molecule has 1 rings (SSSR count). The van der Waals surface area contributed by atoms with Crippen LogP contribution in [0.3, 0.4) is 0 Å². The average Bonchev–Trinajstić information content (AvgIpc) is 2.26. The minimum absolute atomic E-state index is 0.0329. The van der Waals surface area contributed by atoms with Crippen LogP contribution in [0, 0.1) is 0 Å². The molecule has 0 radical (unpaired) electrons. The maximum absolute atomic E-state index is 11.5. The first-order valence-electron chi connectivity index (χ1n) is 4.46. The molecule has 1 unspecified atom stereocenters. The largest absolute Gasteiger partial charge is 0.356 e. The second kappa shape index (κ2) is 5.52. The van der Waals surface area contributed by atoms with Gasteiger partial charge in [0.15, 0.2) is 12.1 Å². The topological polar surface area (TPSA) is 35.5 Å². The van der Waals surface area contributed by atoms with Gasteiger partial charge in [-0.1, -0.05) is 30.3 Å². The molecular formula is C11H14O3. The van der Waals surface area contributed by atoms with Gasteiger partial charge in [-0.15, -0.1) is 0 Å². The molecule has 0 aliphatic heterocycles. The van der Waals surface area contributed by atoms with E-state index in [9.17, 15) is 4.79 Å². The van der Waals surface area contributed by atoms with E-state index in [1.54, 1.807) is 19.1 Å². The minimum atomic E-state index is -0.345. The first-order chi connectivity index (χ1) is 6.74. The lowest BCUT2D eigenvalue weighted by molar-refractivity contribution is -0.102. The summed E-state index contributed by atoms with van der Waals surface area (Å²) in [7, 11) is 1.54. The van der Waals surface area contributed by atoms with Crippen molar-refractivity contribution in [1.29, 1.82) is 0 Å². The number of rotatable bonds is 5. The van der Waals surface area contributed by atoms with Crippen LogP contribution in [-0.4, -0.2) is 25.8 Å². The van der Waals surface area contributed by atoms with Gasteiger partial charge in [0.2, 0.25) is 0 Å². The Kier molecular flexibility index (Phi) is 4.29. The third-order valence-corrected chi connectivity index (χ3v) is 1.88. The van der Waals surface area contributed by atoms with Crippen LogP contribution in [0.5, 0.6) is 0 Å². The fourth-order valence-electron chi connectivity index (χ4n) is 0.968. The van der Waals surface area contributed by atoms with Gasteiger partial charge in [0, 0.05) is 12.7 Å². The summed E-state index contributed by atoms with van der Waals surface area (Å²) in [6.07, 6.45) is -0.345. The second-order valence-electron chi connectivity index (χ2n) is 2.90. The Morgan fingerprint density at radius 2 is 2.00 bits per heavy atom. The molecule has 0 N–H and O–H groups in total. The van der Waals surface area contributed by atoms with Crippen LogP contribution in [0.15, 0.2) is 30.3 Å². The van der Waals surface area contributed by atoms with Crippen LogP contribution < -0.4 is 0 Å². The zero-order valence-electron chi connectivity index (χ0n) is 8.40. The van der Waals surface area contributed by atoms with Crippen molar-refractivity contribution < 1.29 is 14.3 Å². The van der Waals surface area contributed by atoms with Crippen LogP contribution in [0.2, 0.25) is 0 Å². The van der Waals surface area contributed by atoms with Crippen molar-refractivity contribution in [1.82, 2.24) is 0 Å². The van der Waals surface area contributed by atoms with Gasteiger partial charge in [-0.3, -0.25) is 4.79 Å². The normalized spacial score (nSPS) is 12.4. The number of ether oxygens (including phenoxy) is 2. The number of ketones is 1. The molecular weight excluding hydrogens is 180 g/mol. The molecule has 1 aromatic rings. The van der Waals surface area contributed by atoms with Gasteiger partial charge in [0.1, 0.15) is 6.61 Å². The highest BCUT2D eigenvalue weighted by Crippen LogP contribution is 2.01. The SMILES string of the molecule is COC(C)OCC(=O)c1ccccc1. The van der Waals surface area contributed by atoms with E-state index in [1.807, 2.05) is 18.2 Å². The molecule has 0 bridgehead atoms. The molecule has 0 amide bonds. The van der Waals surface area contributed by atoms with E-state index >= 15 is 0 Å². The molecule has 76 valence electrons. The van der Waals surface area contributed by atoms with Gasteiger partial charge in [0.25, 0.3) is 0 Å². The highest BCUT2D eigenvalue weighted by molar-refractivity contribution is 5.96. The third kappa shape index (κ3) is 3.28. The molecule has 0 aromatic heterocycles. The Labute approximate surface area is 83.6 Å². The Morgan fingerprint density at radius 1 is 1.36 bits per heavy atom. The van der Waals surface area contributed by atoms with Gasteiger partial charge >= 0.3 is 0 Å². The smallest absolute Gasteiger partial charge is 0.188 e. The molecule has 0 saturated heterocycles. The van der Waals surface area contributed by atoms with E-state index in [0.29, 0.717) is 5.56 Å². The molecule has 1 aromatic carbocycles. The molecule has 0 spiro atoms. The van der Waals surface area contributed by atoms with Crippen molar-refractivity contribution in [2.75, 3.05) is 13.7 Å². The summed E-state index contributed by atoms with van der Waals surface area (Å²) in [6, 6.07) is 9.06. The Balaban J connectivity index is 2.44. The predicted molar refractivity (Wildman–Crippen MR) is 53.2 cm³/mol. The lowest BCUT2D eigenvalue weighted by Crippen LogP contribution is -2.17. The summed E-state index contributed by atoms with van der Waals surface area (Å²) in [6.45, 7) is 1.80. The summed E-state index contributed by atoms with van der Waals surface area (Å²) in [5, 5.41) is 0. The predicted octanol–water partition coefficient (Wildman–Crippen LogP) is 1.88. The van der Waals surface area contributed by atoms with E-state index in [0.717, 1.165) is 0 Å². The summed E-state index contributed by atoms with van der Waals surface area (Å²) in [5.74, 6) is -0.0329. The van der Waals surface area contributed by atoms with Crippen molar-refractivity contribution in [3.8, 4) is 0 Å². The number of hydrogen-bond acceptors (Lipinski definition) is 3. The molecule has 3 heteroatoms. The molecule has 0 fully saturated rings. The van der Waals surface area contributed by atoms with E-state index in [-0.39, 0.29) is 18.7 Å². The number of benzene rings is 1. The second-order valence-corrected chi connectivity index (χ2v) is 2.90. The number of hydrogen-bond donors (Lipinski definition) is 0. The van der Waals surface area contributed by atoms with Gasteiger partial charge in [-0.05, 0) is 6.92 Å². The van der Waals surface area contributed by atoms with Gasteiger partial charge < -0.3 is 9.47 Å². The van der Waals surface area contributed by atoms with Crippen LogP contribution in [-0.2, 0) is 9.47 Å². The first kappa shape index (κ1) is 10.9. The maximum atomic E-state index is 11.5. The summed E-state index contributed by atoms with van der Waals surface area (Å²) in [4.78, 5) is 11.5. The summed E-state index contributed by atoms with van der Waals surface area (Å²) in [5.41, 5.74) is 0.663. The van der Waals surface area contributed by atoms with Crippen molar-refractivity contribution >= 4 is 5.78 Å².